The van der Waals surface area contributed by atoms with Gasteiger partial charge in [-0.2, -0.15) is 4.31 Å². The van der Waals surface area contributed by atoms with Crippen LogP contribution in [0.1, 0.15) is 32.1 Å². The van der Waals surface area contributed by atoms with Crippen LogP contribution >= 0.6 is 11.6 Å². The predicted octanol–water partition coefficient (Wildman–Crippen LogP) is 3.12. The van der Waals surface area contributed by atoms with Gasteiger partial charge in [0.25, 0.3) is 0 Å². The maximum absolute atomic E-state index is 12.8. The zero-order valence-electron chi connectivity index (χ0n) is 12.0. The van der Waals surface area contributed by atoms with Gasteiger partial charge in [0.2, 0.25) is 10.0 Å². The third kappa shape index (κ3) is 2.91. The minimum atomic E-state index is -3.54. The number of anilines is 1. The van der Waals surface area contributed by atoms with Crippen LogP contribution in [-0.2, 0) is 10.0 Å². The largest absolute Gasteiger partial charge is 0.398 e. The first kappa shape index (κ1) is 15.1. The fourth-order valence-corrected chi connectivity index (χ4v) is 5.55. The van der Waals surface area contributed by atoms with E-state index in [1.165, 1.54) is 25.3 Å². The van der Waals surface area contributed by atoms with Crippen LogP contribution in [0, 0.1) is 11.8 Å². The molecule has 2 fully saturated rings. The SMILES string of the molecule is Nc1ccc(Cl)cc1S(=O)(=O)N1CCC2CCCCC2C1. The summed E-state index contributed by atoms with van der Waals surface area (Å²) in [5.74, 6) is 1.20. The van der Waals surface area contributed by atoms with E-state index < -0.39 is 10.0 Å². The Hall–Kier alpha value is -0.780. The minimum Gasteiger partial charge on any atom is -0.398 e. The van der Waals surface area contributed by atoms with Crippen molar-refractivity contribution in [2.45, 2.75) is 37.0 Å². The van der Waals surface area contributed by atoms with Crippen LogP contribution in [0.2, 0.25) is 5.02 Å². The molecule has 1 saturated heterocycles. The summed E-state index contributed by atoms with van der Waals surface area (Å²) in [5, 5.41) is 0.398. The first-order valence-electron chi connectivity index (χ1n) is 7.53. The summed E-state index contributed by atoms with van der Waals surface area (Å²) >= 11 is 5.93. The van der Waals surface area contributed by atoms with Crippen LogP contribution in [-0.4, -0.2) is 25.8 Å². The van der Waals surface area contributed by atoms with Gasteiger partial charge in [-0.1, -0.05) is 30.9 Å². The number of halogens is 1. The molecule has 0 bridgehead atoms. The fourth-order valence-electron chi connectivity index (χ4n) is 3.66. The lowest BCUT2D eigenvalue weighted by Crippen LogP contribution is -2.44. The molecule has 6 heteroatoms. The first-order chi connectivity index (χ1) is 9.98. The Kier molecular flexibility index (Phi) is 4.17. The highest BCUT2D eigenvalue weighted by molar-refractivity contribution is 7.89. The summed E-state index contributed by atoms with van der Waals surface area (Å²) in [6.45, 7) is 1.22. The van der Waals surface area contributed by atoms with Crippen molar-refractivity contribution >= 4 is 27.3 Å². The highest BCUT2D eigenvalue weighted by atomic mass is 35.5. The van der Waals surface area contributed by atoms with Gasteiger partial charge in [-0.3, -0.25) is 0 Å². The third-order valence-corrected chi connectivity index (χ3v) is 7.00. The molecule has 0 radical (unpaired) electrons. The van der Waals surface area contributed by atoms with Gasteiger partial charge < -0.3 is 5.73 Å². The summed E-state index contributed by atoms with van der Waals surface area (Å²) in [4.78, 5) is 0.143. The summed E-state index contributed by atoms with van der Waals surface area (Å²) in [6, 6.07) is 4.63. The molecule has 2 aliphatic rings. The van der Waals surface area contributed by atoms with Crippen molar-refractivity contribution in [2.24, 2.45) is 11.8 Å². The maximum atomic E-state index is 12.8. The molecule has 2 N–H and O–H groups in total. The van der Waals surface area contributed by atoms with E-state index in [9.17, 15) is 8.42 Å². The number of piperidine rings is 1. The summed E-state index contributed by atoms with van der Waals surface area (Å²) in [7, 11) is -3.54. The second kappa shape index (κ2) is 5.78. The van der Waals surface area contributed by atoms with Gasteiger partial charge >= 0.3 is 0 Å². The van der Waals surface area contributed by atoms with Crippen molar-refractivity contribution in [3.63, 3.8) is 0 Å². The average Bonchev–Trinajstić information content (AvgIpc) is 2.49. The van der Waals surface area contributed by atoms with Gasteiger partial charge in [0.15, 0.2) is 0 Å². The second-order valence-corrected chi connectivity index (χ2v) is 8.48. The standard InChI is InChI=1S/C15H21ClN2O2S/c16-13-5-6-14(17)15(9-13)21(19,20)18-8-7-11-3-1-2-4-12(11)10-18/h5-6,9,11-12H,1-4,7-8,10,17H2. The number of benzene rings is 1. The van der Waals surface area contributed by atoms with Crippen molar-refractivity contribution in [1.82, 2.24) is 4.31 Å². The van der Waals surface area contributed by atoms with Crippen LogP contribution in [0.25, 0.3) is 0 Å². The van der Waals surface area contributed by atoms with Crippen molar-refractivity contribution < 1.29 is 8.42 Å². The molecule has 1 aliphatic carbocycles. The van der Waals surface area contributed by atoms with E-state index in [-0.39, 0.29) is 10.6 Å². The third-order valence-electron chi connectivity index (χ3n) is 4.85. The van der Waals surface area contributed by atoms with E-state index in [1.54, 1.807) is 16.4 Å². The van der Waals surface area contributed by atoms with Crippen LogP contribution in [0.4, 0.5) is 5.69 Å². The predicted molar refractivity (Wildman–Crippen MR) is 84.7 cm³/mol. The molecule has 0 aromatic heterocycles. The molecule has 3 rings (SSSR count). The minimum absolute atomic E-state index is 0.143. The first-order valence-corrected chi connectivity index (χ1v) is 9.35. The lowest BCUT2D eigenvalue weighted by atomic mass is 9.76. The molecule has 0 amide bonds. The van der Waals surface area contributed by atoms with Crippen molar-refractivity contribution in [2.75, 3.05) is 18.8 Å². The van der Waals surface area contributed by atoms with E-state index in [2.05, 4.69) is 0 Å². The molecule has 21 heavy (non-hydrogen) atoms. The van der Waals surface area contributed by atoms with E-state index in [0.29, 0.717) is 29.9 Å². The smallest absolute Gasteiger partial charge is 0.245 e. The Morgan fingerprint density at radius 2 is 1.86 bits per heavy atom. The monoisotopic (exact) mass is 328 g/mol. The van der Waals surface area contributed by atoms with Crippen molar-refractivity contribution in [1.29, 1.82) is 0 Å². The molecule has 1 aromatic rings. The molecule has 1 saturated carbocycles. The highest BCUT2D eigenvalue weighted by Gasteiger charge is 2.37. The van der Waals surface area contributed by atoms with Gasteiger partial charge in [0.1, 0.15) is 4.90 Å². The molecule has 2 atom stereocenters. The molecule has 4 nitrogen and oxygen atoms in total. The number of sulfonamides is 1. The van der Waals surface area contributed by atoms with Gasteiger partial charge in [-0.15, -0.1) is 0 Å². The fraction of sp³-hybridized carbons (Fsp3) is 0.600. The summed E-state index contributed by atoms with van der Waals surface area (Å²) < 4.78 is 27.2. The van der Waals surface area contributed by atoms with Gasteiger partial charge in [-0.25, -0.2) is 8.42 Å². The quantitative estimate of drug-likeness (QED) is 0.848. The Morgan fingerprint density at radius 3 is 2.62 bits per heavy atom. The summed E-state index contributed by atoms with van der Waals surface area (Å²) in [6.07, 6.45) is 5.85. The Labute approximate surface area is 131 Å². The summed E-state index contributed by atoms with van der Waals surface area (Å²) in [5.41, 5.74) is 6.12. The maximum Gasteiger partial charge on any atom is 0.245 e. The Bertz CT molecular complexity index is 633. The molecule has 0 spiro atoms. The van der Waals surface area contributed by atoms with E-state index in [1.807, 2.05) is 0 Å². The zero-order valence-corrected chi connectivity index (χ0v) is 13.5. The number of rotatable bonds is 2. The number of hydrogen-bond donors (Lipinski definition) is 1. The lowest BCUT2D eigenvalue weighted by molar-refractivity contribution is 0.136. The molecule has 1 aromatic carbocycles. The lowest BCUT2D eigenvalue weighted by Gasteiger charge is -2.40. The van der Waals surface area contributed by atoms with Crippen molar-refractivity contribution in [3.8, 4) is 0 Å². The average molecular weight is 329 g/mol. The number of nitrogens with two attached hydrogens (primary N) is 1. The van der Waals surface area contributed by atoms with Crippen LogP contribution in [0.5, 0.6) is 0 Å². The van der Waals surface area contributed by atoms with E-state index in [0.717, 1.165) is 12.8 Å². The van der Waals surface area contributed by atoms with E-state index >= 15 is 0 Å². The topological polar surface area (TPSA) is 63.4 Å². The molecule has 1 heterocycles. The Morgan fingerprint density at radius 1 is 1.14 bits per heavy atom. The number of fused-ring (bicyclic) bond motifs is 1. The van der Waals surface area contributed by atoms with Crippen LogP contribution in [0.3, 0.4) is 0 Å². The Balaban J connectivity index is 1.86. The molecular weight excluding hydrogens is 308 g/mol. The molecule has 116 valence electrons. The normalized spacial score (nSPS) is 27.3. The number of nitrogens with zero attached hydrogens (tertiary/aromatic N) is 1. The zero-order chi connectivity index (χ0) is 15.0. The van der Waals surface area contributed by atoms with Gasteiger partial charge in [0.05, 0.1) is 5.69 Å². The number of nitrogen functional groups attached to an aromatic ring is 1. The number of hydrogen-bond acceptors (Lipinski definition) is 3. The van der Waals surface area contributed by atoms with Gasteiger partial charge in [0, 0.05) is 18.1 Å². The van der Waals surface area contributed by atoms with Crippen LogP contribution in [0.15, 0.2) is 23.1 Å². The van der Waals surface area contributed by atoms with E-state index in [4.69, 9.17) is 17.3 Å². The van der Waals surface area contributed by atoms with Crippen molar-refractivity contribution in [3.05, 3.63) is 23.2 Å². The second-order valence-electron chi connectivity index (χ2n) is 6.14. The van der Waals surface area contributed by atoms with Gasteiger partial charge in [-0.05, 0) is 42.9 Å². The highest BCUT2D eigenvalue weighted by Crippen LogP contribution is 2.38. The van der Waals surface area contributed by atoms with Crippen LogP contribution < -0.4 is 5.73 Å². The molecule has 1 aliphatic heterocycles. The molecular formula is C15H21ClN2O2S. The molecule has 2 unspecified atom stereocenters.